The van der Waals surface area contributed by atoms with Crippen LogP contribution >= 0.6 is 24.0 Å². The van der Waals surface area contributed by atoms with E-state index in [1.165, 1.54) is 19.2 Å². The highest BCUT2D eigenvalue weighted by Gasteiger charge is 2.33. The number of aliphatic imine (C=N–C) groups is 1. The SMILES string of the molecule is CCNC(=NCc1ccc(OC)cc1C(F)(F)F)NC1CCN(C(=O)CC)C1.I. The lowest BCUT2D eigenvalue weighted by atomic mass is 10.1. The van der Waals surface area contributed by atoms with Crippen molar-refractivity contribution in [1.82, 2.24) is 15.5 Å². The number of hydrogen-bond donors (Lipinski definition) is 2. The maximum absolute atomic E-state index is 13.3. The average Bonchev–Trinajstić information content (AvgIpc) is 3.13. The molecule has 1 unspecified atom stereocenters. The second-order valence-corrected chi connectivity index (χ2v) is 6.54. The van der Waals surface area contributed by atoms with Gasteiger partial charge in [0.2, 0.25) is 5.91 Å². The van der Waals surface area contributed by atoms with Crippen molar-refractivity contribution in [1.29, 1.82) is 0 Å². The minimum Gasteiger partial charge on any atom is -0.497 e. The van der Waals surface area contributed by atoms with E-state index in [2.05, 4.69) is 15.6 Å². The second kappa shape index (κ2) is 11.5. The van der Waals surface area contributed by atoms with E-state index in [0.29, 0.717) is 32.0 Å². The fourth-order valence-electron chi connectivity index (χ4n) is 3.09. The van der Waals surface area contributed by atoms with Gasteiger partial charge in [-0.25, -0.2) is 4.99 Å². The van der Waals surface area contributed by atoms with E-state index in [4.69, 9.17) is 4.74 Å². The zero-order valence-corrected chi connectivity index (χ0v) is 19.1. The number of nitrogens with zero attached hydrogens (tertiary/aromatic N) is 2. The van der Waals surface area contributed by atoms with Gasteiger partial charge in [0.05, 0.1) is 19.2 Å². The smallest absolute Gasteiger partial charge is 0.416 e. The molecule has 1 saturated heterocycles. The standard InChI is InChI=1S/C19H27F3N4O2.HI/c1-4-17(27)26-9-8-14(12-26)25-18(23-5-2)24-11-13-6-7-15(28-3)10-16(13)19(20,21)22;/h6-7,10,14H,4-5,8-9,11-12H2,1-3H3,(H2,23,24,25);1H. The first-order valence-corrected chi connectivity index (χ1v) is 9.35. The lowest BCUT2D eigenvalue weighted by Crippen LogP contribution is -2.45. The van der Waals surface area contributed by atoms with Crippen molar-refractivity contribution < 1.29 is 22.7 Å². The van der Waals surface area contributed by atoms with Gasteiger partial charge in [-0.1, -0.05) is 13.0 Å². The second-order valence-electron chi connectivity index (χ2n) is 6.54. The highest BCUT2D eigenvalue weighted by molar-refractivity contribution is 14.0. The number of halogens is 4. The van der Waals surface area contributed by atoms with Gasteiger partial charge in [0.15, 0.2) is 5.96 Å². The van der Waals surface area contributed by atoms with Gasteiger partial charge in [0.1, 0.15) is 5.75 Å². The van der Waals surface area contributed by atoms with E-state index in [1.54, 1.807) is 4.90 Å². The fourth-order valence-corrected chi connectivity index (χ4v) is 3.09. The van der Waals surface area contributed by atoms with Gasteiger partial charge in [0, 0.05) is 32.1 Å². The van der Waals surface area contributed by atoms with Crippen LogP contribution in [-0.4, -0.2) is 49.6 Å². The van der Waals surface area contributed by atoms with E-state index in [1.807, 2.05) is 13.8 Å². The summed E-state index contributed by atoms with van der Waals surface area (Å²) in [5.74, 6) is 0.679. The predicted molar refractivity (Wildman–Crippen MR) is 117 cm³/mol. The summed E-state index contributed by atoms with van der Waals surface area (Å²) >= 11 is 0. The molecule has 29 heavy (non-hydrogen) atoms. The highest BCUT2D eigenvalue weighted by atomic mass is 127. The van der Waals surface area contributed by atoms with E-state index in [0.717, 1.165) is 12.5 Å². The van der Waals surface area contributed by atoms with E-state index >= 15 is 0 Å². The monoisotopic (exact) mass is 528 g/mol. The summed E-state index contributed by atoms with van der Waals surface area (Å²) in [6.07, 6.45) is -3.26. The number of methoxy groups -OCH3 is 1. The third-order valence-corrected chi connectivity index (χ3v) is 4.56. The number of likely N-dealkylation sites (tertiary alicyclic amines) is 1. The average molecular weight is 528 g/mol. The number of carbonyl (C=O) groups is 1. The molecule has 1 atom stereocenters. The molecule has 1 aliphatic rings. The number of amides is 1. The molecular weight excluding hydrogens is 500 g/mol. The number of benzene rings is 1. The summed E-state index contributed by atoms with van der Waals surface area (Å²) in [7, 11) is 1.33. The lowest BCUT2D eigenvalue weighted by molar-refractivity contribution is -0.138. The third kappa shape index (κ3) is 7.23. The number of guanidine groups is 1. The fraction of sp³-hybridized carbons (Fsp3) is 0.579. The predicted octanol–water partition coefficient (Wildman–Crippen LogP) is 3.40. The number of carbonyl (C=O) groups excluding carboxylic acids is 1. The van der Waals surface area contributed by atoms with Crippen LogP contribution in [-0.2, 0) is 17.5 Å². The van der Waals surface area contributed by atoms with E-state index in [9.17, 15) is 18.0 Å². The normalized spacial score (nSPS) is 17.0. The first kappa shape index (κ1) is 25.3. The third-order valence-electron chi connectivity index (χ3n) is 4.56. The molecule has 2 N–H and O–H groups in total. The summed E-state index contributed by atoms with van der Waals surface area (Å²) < 4.78 is 44.9. The maximum atomic E-state index is 13.3. The lowest BCUT2D eigenvalue weighted by Gasteiger charge is -2.19. The molecule has 1 heterocycles. The molecule has 1 fully saturated rings. The molecule has 2 rings (SSSR count). The van der Waals surface area contributed by atoms with Gasteiger partial charge < -0.3 is 20.3 Å². The Morgan fingerprint density at radius 2 is 2.07 bits per heavy atom. The number of nitrogens with one attached hydrogen (secondary N) is 2. The van der Waals surface area contributed by atoms with Crippen molar-refractivity contribution >= 4 is 35.8 Å². The summed E-state index contributed by atoms with van der Waals surface area (Å²) in [5.41, 5.74) is -0.688. The zero-order valence-electron chi connectivity index (χ0n) is 16.8. The summed E-state index contributed by atoms with van der Waals surface area (Å²) in [5, 5.41) is 6.26. The molecular formula is C19H28F3IN4O2. The maximum Gasteiger partial charge on any atom is 0.416 e. The Morgan fingerprint density at radius 3 is 2.66 bits per heavy atom. The largest absolute Gasteiger partial charge is 0.497 e. The summed E-state index contributed by atoms with van der Waals surface area (Å²) in [6, 6.07) is 3.87. The minimum absolute atomic E-state index is 0. The first-order chi connectivity index (χ1) is 13.3. The van der Waals surface area contributed by atoms with Gasteiger partial charge >= 0.3 is 6.18 Å². The molecule has 1 amide bonds. The van der Waals surface area contributed by atoms with Crippen LogP contribution in [0.25, 0.3) is 0 Å². The van der Waals surface area contributed by atoms with Crippen molar-refractivity contribution in [3.05, 3.63) is 29.3 Å². The molecule has 0 aliphatic carbocycles. The van der Waals surface area contributed by atoms with Gasteiger partial charge in [-0.2, -0.15) is 13.2 Å². The van der Waals surface area contributed by atoms with E-state index < -0.39 is 11.7 Å². The van der Waals surface area contributed by atoms with Crippen molar-refractivity contribution in [2.75, 3.05) is 26.7 Å². The van der Waals surface area contributed by atoms with Crippen molar-refractivity contribution in [2.45, 2.75) is 45.5 Å². The highest BCUT2D eigenvalue weighted by Crippen LogP contribution is 2.34. The summed E-state index contributed by atoms with van der Waals surface area (Å²) in [6.45, 7) is 5.38. The Hall–Kier alpha value is -1.72. The van der Waals surface area contributed by atoms with Crippen LogP contribution in [0.4, 0.5) is 13.2 Å². The molecule has 1 aromatic carbocycles. The van der Waals surface area contributed by atoms with Crippen molar-refractivity contribution in [2.24, 2.45) is 4.99 Å². The van der Waals surface area contributed by atoms with Crippen LogP contribution in [0, 0.1) is 0 Å². The molecule has 1 aliphatic heterocycles. The Morgan fingerprint density at radius 1 is 1.34 bits per heavy atom. The Bertz CT molecular complexity index is 713. The molecule has 10 heteroatoms. The zero-order chi connectivity index (χ0) is 20.7. The van der Waals surface area contributed by atoms with Crippen LogP contribution in [0.2, 0.25) is 0 Å². The van der Waals surface area contributed by atoms with Gasteiger partial charge in [-0.05, 0) is 31.0 Å². The van der Waals surface area contributed by atoms with Crippen LogP contribution in [0.3, 0.4) is 0 Å². The Labute approximate surface area is 186 Å². The van der Waals surface area contributed by atoms with Crippen molar-refractivity contribution in [3.63, 3.8) is 0 Å². The molecule has 0 saturated carbocycles. The molecule has 0 spiro atoms. The number of hydrogen-bond acceptors (Lipinski definition) is 3. The van der Waals surface area contributed by atoms with Crippen LogP contribution in [0.5, 0.6) is 5.75 Å². The molecule has 0 bridgehead atoms. The van der Waals surface area contributed by atoms with Gasteiger partial charge in [0.25, 0.3) is 0 Å². The quantitative estimate of drug-likeness (QED) is 0.338. The van der Waals surface area contributed by atoms with Crippen molar-refractivity contribution in [3.8, 4) is 5.75 Å². The Kier molecular flexibility index (Phi) is 10.0. The first-order valence-electron chi connectivity index (χ1n) is 9.35. The molecule has 6 nitrogen and oxygen atoms in total. The number of ether oxygens (including phenoxy) is 1. The molecule has 1 aromatic rings. The molecule has 0 radical (unpaired) electrons. The van der Waals surface area contributed by atoms with Gasteiger partial charge in [-0.15, -0.1) is 24.0 Å². The minimum atomic E-state index is -4.49. The van der Waals surface area contributed by atoms with E-state index in [-0.39, 0.29) is 53.8 Å². The van der Waals surface area contributed by atoms with Crippen LogP contribution < -0.4 is 15.4 Å². The van der Waals surface area contributed by atoms with Gasteiger partial charge in [-0.3, -0.25) is 4.79 Å². The Balaban J connectivity index is 0.00000420. The molecule has 164 valence electrons. The van der Waals surface area contributed by atoms with Crippen LogP contribution in [0.1, 0.15) is 37.8 Å². The molecule has 0 aromatic heterocycles. The number of alkyl halides is 3. The summed E-state index contributed by atoms with van der Waals surface area (Å²) in [4.78, 5) is 17.9. The van der Waals surface area contributed by atoms with Crippen LogP contribution in [0.15, 0.2) is 23.2 Å². The topological polar surface area (TPSA) is 66.0 Å². The number of rotatable bonds is 6.